The van der Waals surface area contributed by atoms with E-state index in [4.69, 9.17) is 10.5 Å². The first-order chi connectivity index (χ1) is 6.18. The van der Waals surface area contributed by atoms with E-state index in [0.29, 0.717) is 11.9 Å². The van der Waals surface area contributed by atoms with Crippen molar-refractivity contribution in [2.75, 3.05) is 12.3 Å². The largest absolute Gasteiger partial charge is 0.384 e. The van der Waals surface area contributed by atoms with Crippen molar-refractivity contribution in [1.82, 2.24) is 4.98 Å². The fourth-order valence-corrected chi connectivity index (χ4v) is 1.06. The fraction of sp³-hybridized carbons (Fsp3) is 0.500. The molecular formula is C10H16N2O. The molecule has 1 rings (SSSR count). The summed E-state index contributed by atoms with van der Waals surface area (Å²) in [4.78, 5) is 3.92. The predicted molar refractivity (Wildman–Crippen MR) is 53.4 cm³/mol. The summed E-state index contributed by atoms with van der Waals surface area (Å²) in [5, 5.41) is 0. The summed E-state index contributed by atoms with van der Waals surface area (Å²) in [6, 6.07) is 3.84. The Kier molecular flexibility index (Phi) is 3.71. The number of pyridine rings is 1. The van der Waals surface area contributed by atoms with Gasteiger partial charge in [-0.1, -0.05) is 0 Å². The Morgan fingerprint density at radius 2 is 2.31 bits per heavy atom. The molecule has 1 heterocycles. The maximum Gasteiger partial charge on any atom is 0.123 e. The number of nitrogens with two attached hydrogens (primary N) is 1. The molecule has 1 aromatic rings. The molecule has 0 saturated heterocycles. The highest BCUT2D eigenvalue weighted by atomic mass is 16.5. The number of hydrogen-bond acceptors (Lipinski definition) is 3. The standard InChI is InChI=1S/C10H16N2O/c1-8(2)13-6-4-9-3-5-12-10(11)7-9/h3,5,7-8H,4,6H2,1-2H3,(H2,11,12). The Bertz CT molecular complexity index is 261. The molecule has 0 aliphatic heterocycles. The molecule has 0 unspecified atom stereocenters. The van der Waals surface area contributed by atoms with Gasteiger partial charge in [0.15, 0.2) is 0 Å². The summed E-state index contributed by atoms with van der Waals surface area (Å²) in [6.45, 7) is 4.79. The lowest BCUT2D eigenvalue weighted by Crippen LogP contribution is -2.06. The Balaban J connectivity index is 2.37. The van der Waals surface area contributed by atoms with Gasteiger partial charge in [-0.3, -0.25) is 0 Å². The van der Waals surface area contributed by atoms with Crippen LogP contribution in [0.4, 0.5) is 5.82 Å². The van der Waals surface area contributed by atoms with Crippen molar-refractivity contribution in [3.05, 3.63) is 23.9 Å². The van der Waals surface area contributed by atoms with Crippen molar-refractivity contribution in [3.8, 4) is 0 Å². The van der Waals surface area contributed by atoms with Gasteiger partial charge in [-0.2, -0.15) is 0 Å². The third kappa shape index (κ3) is 3.90. The van der Waals surface area contributed by atoms with Crippen LogP contribution in [0, 0.1) is 0 Å². The first-order valence-electron chi connectivity index (χ1n) is 4.50. The van der Waals surface area contributed by atoms with Crippen LogP contribution in [0.25, 0.3) is 0 Å². The van der Waals surface area contributed by atoms with Crippen molar-refractivity contribution in [2.45, 2.75) is 26.4 Å². The molecule has 0 radical (unpaired) electrons. The predicted octanol–water partition coefficient (Wildman–Crippen LogP) is 1.63. The molecule has 0 saturated carbocycles. The smallest absolute Gasteiger partial charge is 0.123 e. The molecular weight excluding hydrogens is 164 g/mol. The van der Waals surface area contributed by atoms with E-state index in [1.54, 1.807) is 6.20 Å². The fourth-order valence-electron chi connectivity index (χ4n) is 1.06. The molecule has 1 aromatic heterocycles. The zero-order chi connectivity index (χ0) is 9.68. The van der Waals surface area contributed by atoms with Crippen LogP contribution in [0.2, 0.25) is 0 Å². The van der Waals surface area contributed by atoms with Gasteiger partial charge >= 0.3 is 0 Å². The zero-order valence-electron chi connectivity index (χ0n) is 8.16. The second-order valence-corrected chi connectivity index (χ2v) is 3.26. The van der Waals surface area contributed by atoms with Gasteiger partial charge in [0.05, 0.1) is 12.7 Å². The Morgan fingerprint density at radius 1 is 1.54 bits per heavy atom. The van der Waals surface area contributed by atoms with Crippen LogP contribution in [0.3, 0.4) is 0 Å². The molecule has 0 aliphatic carbocycles. The molecule has 13 heavy (non-hydrogen) atoms. The molecule has 0 spiro atoms. The van der Waals surface area contributed by atoms with Crippen LogP contribution in [0.1, 0.15) is 19.4 Å². The quantitative estimate of drug-likeness (QED) is 0.766. The maximum atomic E-state index is 5.54. The highest BCUT2D eigenvalue weighted by Gasteiger charge is 1.96. The normalized spacial score (nSPS) is 10.7. The first-order valence-corrected chi connectivity index (χ1v) is 4.50. The van der Waals surface area contributed by atoms with Gasteiger partial charge in [-0.15, -0.1) is 0 Å². The third-order valence-electron chi connectivity index (χ3n) is 1.69. The first kappa shape index (κ1) is 9.99. The Morgan fingerprint density at radius 3 is 2.92 bits per heavy atom. The minimum absolute atomic E-state index is 0.291. The molecule has 72 valence electrons. The molecule has 0 aliphatic rings. The lowest BCUT2D eigenvalue weighted by molar-refractivity contribution is 0.0813. The van der Waals surface area contributed by atoms with E-state index >= 15 is 0 Å². The molecule has 3 nitrogen and oxygen atoms in total. The minimum Gasteiger partial charge on any atom is -0.384 e. The van der Waals surface area contributed by atoms with Crippen molar-refractivity contribution < 1.29 is 4.74 Å². The Labute approximate surface area is 78.9 Å². The van der Waals surface area contributed by atoms with Gasteiger partial charge < -0.3 is 10.5 Å². The van der Waals surface area contributed by atoms with E-state index < -0.39 is 0 Å². The van der Waals surface area contributed by atoms with Crippen LogP contribution in [-0.4, -0.2) is 17.7 Å². The zero-order valence-corrected chi connectivity index (χ0v) is 8.16. The number of nitrogen functional groups attached to an aromatic ring is 1. The van der Waals surface area contributed by atoms with Gasteiger partial charge in [0.2, 0.25) is 0 Å². The SMILES string of the molecule is CC(C)OCCc1ccnc(N)c1. The second-order valence-electron chi connectivity index (χ2n) is 3.26. The van der Waals surface area contributed by atoms with E-state index in [1.807, 2.05) is 26.0 Å². The van der Waals surface area contributed by atoms with Crippen molar-refractivity contribution in [2.24, 2.45) is 0 Å². The average Bonchev–Trinajstić information content (AvgIpc) is 2.03. The molecule has 0 bridgehead atoms. The third-order valence-corrected chi connectivity index (χ3v) is 1.69. The van der Waals surface area contributed by atoms with E-state index in [9.17, 15) is 0 Å². The van der Waals surface area contributed by atoms with E-state index in [-0.39, 0.29) is 0 Å². The molecule has 0 aromatic carbocycles. The molecule has 0 atom stereocenters. The second kappa shape index (κ2) is 4.82. The topological polar surface area (TPSA) is 48.1 Å². The van der Waals surface area contributed by atoms with Crippen LogP contribution in [0.5, 0.6) is 0 Å². The monoisotopic (exact) mass is 180 g/mol. The van der Waals surface area contributed by atoms with Crippen LogP contribution in [0.15, 0.2) is 18.3 Å². The van der Waals surface area contributed by atoms with Gasteiger partial charge in [0.1, 0.15) is 5.82 Å². The number of aromatic nitrogens is 1. The number of anilines is 1. The van der Waals surface area contributed by atoms with Crippen LogP contribution < -0.4 is 5.73 Å². The summed E-state index contributed by atoms with van der Waals surface area (Å²) < 4.78 is 5.42. The summed E-state index contributed by atoms with van der Waals surface area (Å²) in [6.07, 6.45) is 2.91. The highest BCUT2D eigenvalue weighted by Crippen LogP contribution is 2.04. The number of hydrogen-bond donors (Lipinski definition) is 1. The maximum absolute atomic E-state index is 5.54. The highest BCUT2D eigenvalue weighted by molar-refractivity contribution is 5.31. The number of ether oxygens (including phenoxy) is 1. The van der Waals surface area contributed by atoms with E-state index in [2.05, 4.69) is 4.98 Å². The van der Waals surface area contributed by atoms with Gasteiger partial charge in [-0.05, 0) is 38.0 Å². The average molecular weight is 180 g/mol. The number of rotatable bonds is 4. The molecule has 0 amide bonds. The van der Waals surface area contributed by atoms with Gasteiger partial charge in [-0.25, -0.2) is 4.98 Å². The minimum atomic E-state index is 0.291. The van der Waals surface area contributed by atoms with Crippen molar-refractivity contribution in [3.63, 3.8) is 0 Å². The van der Waals surface area contributed by atoms with Gasteiger partial charge in [0.25, 0.3) is 0 Å². The van der Waals surface area contributed by atoms with Gasteiger partial charge in [0, 0.05) is 6.20 Å². The van der Waals surface area contributed by atoms with Crippen molar-refractivity contribution in [1.29, 1.82) is 0 Å². The van der Waals surface area contributed by atoms with Crippen LogP contribution in [-0.2, 0) is 11.2 Å². The molecule has 3 heteroatoms. The lowest BCUT2D eigenvalue weighted by atomic mass is 10.2. The Hall–Kier alpha value is -1.09. The summed E-state index contributed by atoms with van der Waals surface area (Å²) in [5.74, 6) is 0.571. The van der Waals surface area contributed by atoms with Crippen molar-refractivity contribution >= 4 is 5.82 Å². The molecule has 0 fully saturated rings. The summed E-state index contributed by atoms with van der Waals surface area (Å²) >= 11 is 0. The van der Waals surface area contributed by atoms with E-state index in [1.165, 1.54) is 5.56 Å². The summed E-state index contributed by atoms with van der Waals surface area (Å²) in [5.41, 5.74) is 6.71. The number of nitrogens with zero attached hydrogens (tertiary/aromatic N) is 1. The lowest BCUT2D eigenvalue weighted by Gasteiger charge is -2.07. The molecule has 2 N–H and O–H groups in total. The van der Waals surface area contributed by atoms with Crippen LogP contribution >= 0.6 is 0 Å². The van der Waals surface area contributed by atoms with E-state index in [0.717, 1.165) is 13.0 Å². The summed E-state index contributed by atoms with van der Waals surface area (Å²) in [7, 11) is 0.